The minimum absolute atomic E-state index is 0.190. The first-order valence-electron chi connectivity index (χ1n) is 19.4. The van der Waals surface area contributed by atoms with Crippen molar-refractivity contribution >= 4 is 23.7 Å². The summed E-state index contributed by atoms with van der Waals surface area (Å²) >= 11 is 0. The fourth-order valence-corrected chi connectivity index (χ4v) is 8.55. The lowest BCUT2D eigenvalue weighted by molar-refractivity contribution is -0.301. The molecule has 310 valence electrons. The van der Waals surface area contributed by atoms with Crippen LogP contribution >= 0.6 is 0 Å². The normalized spacial score (nSPS) is 45.4. The second-order valence-electron chi connectivity index (χ2n) is 16.5. The van der Waals surface area contributed by atoms with Gasteiger partial charge in [-0.05, 0) is 60.5 Å². The summed E-state index contributed by atoms with van der Waals surface area (Å²) in [5.41, 5.74) is -1.14. The summed E-state index contributed by atoms with van der Waals surface area (Å²) in [6.45, 7) is 17.2. The number of esters is 3. The molecule has 1 N–H and O–H groups in total. The number of nitrogens with zero attached hydrogens (tertiary/aromatic N) is 1. The van der Waals surface area contributed by atoms with E-state index in [9.17, 15) is 24.3 Å². The Balaban J connectivity index is 1.78. The van der Waals surface area contributed by atoms with Crippen molar-refractivity contribution in [2.24, 2.45) is 29.6 Å². The highest BCUT2D eigenvalue weighted by Crippen LogP contribution is 2.43. The zero-order valence-electron chi connectivity index (χ0n) is 34.3. The van der Waals surface area contributed by atoms with Crippen molar-refractivity contribution in [2.75, 3.05) is 27.8 Å². The molecule has 15 heteroatoms. The van der Waals surface area contributed by atoms with Gasteiger partial charge in [-0.15, -0.1) is 0 Å². The van der Waals surface area contributed by atoms with E-state index in [1.165, 1.54) is 21.0 Å². The van der Waals surface area contributed by atoms with Crippen LogP contribution in [-0.2, 0) is 61.8 Å². The molecule has 18 atom stereocenters. The third-order valence-electron chi connectivity index (χ3n) is 11.9. The number of epoxide rings is 1. The first-order valence-corrected chi connectivity index (χ1v) is 19.4. The van der Waals surface area contributed by atoms with Gasteiger partial charge in [-0.25, -0.2) is 0 Å². The van der Waals surface area contributed by atoms with Crippen LogP contribution in [-0.4, -0.2) is 141 Å². The van der Waals surface area contributed by atoms with Crippen LogP contribution in [0.15, 0.2) is 0 Å². The molecule has 0 unspecified atom stereocenters. The number of carbonyl (C=O) groups is 4. The number of likely N-dealkylation sites (N-methyl/N-ethyl adjacent to an activating group) is 1. The molecule has 0 aromatic carbocycles. The fourth-order valence-electron chi connectivity index (χ4n) is 8.55. The Labute approximate surface area is 320 Å². The Morgan fingerprint density at radius 2 is 1.41 bits per heavy atom. The average molecular weight is 772 g/mol. The van der Waals surface area contributed by atoms with E-state index in [1.54, 1.807) is 34.6 Å². The molecule has 0 aromatic heterocycles. The summed E-state index contributed by atoms with van der Waals surface area (Å²) < 4.78 is 55.4. The fraction of sp³-hybridized carbons (Fsp3) is 0.897. The van der Waals surface area contributed by atoms with Crippen molar-refractivity contribution in [3.8, 4) is 0 Å². The Hall–Kier alpha value is -2.24. The van der Waals surface area contributed by atoms with Gasteiger partial charge in [0.25, 0.3) is 0 Å². The van der Waals surface area contributed by atoms with Crippen LogP contribution in [0.5, 0.6) is 0 Å². The quantitative estimate of drug-likeness (QED) is 0.216. The van der Waals surface area contributed by atoms with Gasteiger partial charge in [-0.2, -0.15) is 0 Å². The molecule has 4 fully saturated rings. The van der Waals surface area contributed by atoms with Crippen LogP contribution in [0.1, 0.15) is 88.5 Å². The molecule has 0 aromatic rings. The molecule has 4 rings (SSSR count). The summed E-state index contributed by atoms with van der Waals surface area (Å²) in [5, 5.41) is 11.4. The Morgan fingerprint density at radius 3 is 1.96 bits per heavy atom. The third kappa shape index (κ3) is 10.2. The number of rotatable bonds is 8. The maximum Gasteiger partial charge on any atom is 0.311 e. The predicted molar refractivity (Wildman–Crippen MR) is 193 cm³/mol. The Bertz CT molecular complexity index is 1310. The number of ether oxygens (including phenoxy) is 9. The predicted octanol–water partition coefficient (Wildman–Crippen LogP) is 3.05. The summed E-state index contributed by atoms with van der Waals surface area (Å²) in [4.78, 5) is 54.4. The highest BCUT2D eigenvalue weighted by atomic mass is 16.7. The summed E-state index contributed by atoms with van der Waals surface area (Å²) in [6, 6.07) is -0.230. The maximum atomic E-state index is 14.1. The third-order valence-corrected chi connectivity index (χ3v) is 11.9. The molecule has 54 heavy (non-hydrogen) atoms. The molecule has 4 aliphatic rings. The zero-order chi connectivity index (χ0) is 40.4. The molecule has 0 amide bonds. The van der Waals surface area contributed by atoms with E-state index in [0.717, 1.165) is 0 Å². The molecule has 4 saturated heterocycles. The second-order valence-corrected chi connectivity index (χ2v) is 16.5. The standard InChI is InChI=1S/C39H65NO14/c1-18-16-39(17-47-39)36(44)21(4)31(43)20(3)24(7)50-37(45)23(6)33(53-30-15-29(46-13)34(25(8)49-30)51-26(9)41)22(5)32(18)54-38-35(52-27(10)42)28(40(11)12)14-19(2)48-38/h18-25,28-35,38,43H,14-17H2,1-13H3/t18-,19+,20-,21+,22+,23+,24+,25-,28-,29-,30-,31-,32-,33-,34-,35+,38-,39+/m0/s1. The minimum atomic E-state index is -1.14. The SMILES string of the molecule is CO[C@H]1C[C@H](O[C@H]2[C@H](C)[C@@H](O[C@@H]3O[C@H](C)C[C@H](N(C)C)[C@H]3OC(C)=O)[C@@H](C)C[C@@]3(CO3)C(=O)[C@H](C)[C@@H](O)[C@@H](C)[C@@H](C)OC(=O)[C@@H]2C)O[C@@H](C)[C@@H]1OC(C)=O. The van der Waals surface area contributed by atoms with Crippen molar-refractivity contribution in [1.29, 1.82) is 0 Å². The number of hydrogen-bond acceptors (Lipinski definition) is 15. The number of hydrogen-bond donors (Lipinski definition) is 1. The molecule has 1 spiro atoms. The van der Waals surface area contributed by atoms with Gasteiger partial charge in [0, 0.05) is 45.1 Å². The molecule has 0 bridgehead atoms. The maximum absolute atomic E-state index is 14.1. The van der Waals surface area contributed by atoms with E-state index in [-0.39, 0.29) is 37.4 Å². The lowest BCUT2D eigenvalue weighted by Gasteiger charge is -2.46. The van der Waals surface area contributed by atoms with E-state index in [4.69, 9.17) is 42.6 Å². The number of methoxy groups -OCH3 is 1. The number of aliphatic hydroxyl groups excluding tert-OH is 1. The number of cyclic esters (lactones) is 1. The number of aliphatic hydroxyl groups is 1. The first-order chi connectivity index (χ1) is 25.2. The van der Waals surface area contributed by atoms with E-state index in [1.807, 2.05) is 39.8 Å². The van der Waals surface area contributed by atoms with E-state index >= 15 is 0 Å². The van der Waals surface area contributed by atoms with Crippen molar-refractivity contribution in [3.05, 3.63) is 0 Å². The average Bonchev–Trinajstić information content (AvgIpc) is 3.88. The van der Waals surface area contributed by atoms with Crippen LogP contribution in [0.4, 0.5) is 0 Å². The van der Waals surface area contributed by atoms with Gasteiger partial charge in [0.1, 0.15) is 12.2 Å². The van der Waals surface area contributed by atoms with Gasteiger partial charge in [0.2, 0.25) is 0 Å². The van der Waals surface area contributed by atoms with Crippen molar-refractivity contribution in [3.63, 3.8) is 0 Å². The lowest BCUT2D eigenvalue weighted by atomic mass is 9.76. The van der Waals surface area contributed by atoms with Crippen molar-refractivity contribution in [1.82, 2.24) is 4.90 Å². The van der Waals surface area contributed by atoms with Gasteiger partial charge in [0.15, 0.2) is 36.2 Å². The number of ketones is 1. The van der Waals surface area contributed by atoms with Gasteiger partial charge < -0.3 is 52.6 Å². The van der Waals surface area contributed by atoms with Crippen LogP contribution in [0, 0.1) is 29.6 Å². The highest BCUT2D eigenvalue weighted by Gasteiger charge is 2.57. The monoisotopic (exact) mass is 771 g/mol. The van der Waals surface area contributed by atoms with Crippen molar-refractivity contribution < 1.29 is 66.9 Å². The van der Waals surface area contributed by atoms with Gasteiger partial charge >= 0.3 is 17.9 Å². The molecule has 4 aliphatic heterocycles. The van der Waals surface area contributed by atoms with Gasteiger partial charge in [0.05, 0.1) is 49.1 Å². The zero-order valence-corrected chi connectivity index (χ0v) is 34.3. The van der Waals surface area contributed by atoms with Crippen molar-refractivity contribution in [2.45, 2.75) is 168 Å². The van der Waals surface area contributed by atoms with E-state index < -0.39 is 115 Å². The Kier molecular flexibility index (Phi) is 15.1. The second kappa shape index (κ2) is 18.4. The highest BCUT2D eigenvalue weighted by molar-refractivity contribution is 5.92. The summed E-state index contributed by atoms with van der Waals surface area (Å²) in [5.74, 6) is -5.00. The van der Waals surface area contributed by atoms with Crippen LogP contribution in [0.3, 0.4) is 0 Å². The molecule has 0 aliphatic carbocycles. The number of carbonyl (C=O) groups excluding carboxylic acids is 4. The summed E-state index contributed by atoms with van der Waals surface area (Å²) in [7, 11) is 5.33. The van der Waals surface area contributed by atoms with E-state index in [0.29, 0.717) is 6.42 Å². The van der Waals surface area contributed by atoms with E-state index in [2.05, 4.69) is 0 Å². The molecule has 0 radical (unpaired) electrons. The van der Waals surface area contributed by atoms with Crippen LogP contribution in [0.2, 0.25) is 0 Å². The molecule has 4 heterocycles. The molecule has 15 nitrogen and oxygen atoms in total. The lowest BCUT2D eigenvalue weighted by Crippen LogP contribution is -2.58. The van der Waals surface area contributed by atoms with Crippen LogP contribution in [0.25, 0.3) is 0 Å². The number of Topliss-reactive ketones (excluding diaryl/α,β-unsaturated/α-hetero) is 1. The topological polar surface area (TPSA) is 178 Å². The first kappa shape index (κ1) is 44.5. The molecule has 0 saturated carbocycles. The molecular weight excluding hydrogens is 706 g/mol. The summed E-state index contributed by atoms with van der Waals surface area (Å²) in [6.07, 6.45) is -7.27. The van der Waals surface area contributed by atoms with Gasteiger partial charge in [-0.1, -0.05) is 27.7 Å². The Morgan fingerprint density at radius 1 is 0.796 bits per heavy atom. The molecular formula is C39H65NO14. The largest absolute Gasteiger partial charge is 0.462 e. The van der Waals surface area contributed by atoms with Gasteiger partial charge in [-0.3, -0.25) is 19.2 Å². The minimum Gasteiger partial charge on any atom is -0.462 e. The van der Waals surface area contributed by atoms with Crippen LogP contribution < -0.4 is 0 Å². The smallest absolute Gasteiger partial charge is 0.311 e.